The molecule has 1 aliphatic heterocycles. The van der Waals surface area contributed by atoms with E-state index in [1.807, 2.05) is 43.3 Å². The van der Waals surface area contributed by atoms with E-state index in [9.17, 15) is 9.59 Å². The van der Waals surface area contributed by atoms with E-state index >= 15 is 0 Å². The Hall–Kier alpha value is -3.51. The summed E-state index contributed by atoms with van der Waals surface area (Å²) in [5.41, 5.74) is 11.7. The minimum atomic E-state index is -0.575. The Bertz CT molecular complexity index is 1530. The molecule has 2 heterocycles. The third kappa shape index (κ3) is 3.92. The molecule has 35 heavy (non-hydrogen) atoms. The molecule has 1 fully saturated rings. The third-order valence-electron chi connectivity index (χ3n) is 7.06. The normalized spacial score (nSPS) is 16.9. The van der Waals surface area contributed by atoms with Crippen molar-refractivity contribution in [3.8, 4) is 0 Å². The summed E-state index contributed by atoms with van der Waals surface area (Å²) >= 11 is 1.61. The molecule has 4 aromatic rings. The summed E-state index contributed by atoms with van der Waals surface area (Å²) in [6.45, 7) is 1.99. The number of pyridine rings is 1. The largest absolute Gasteiger partial charge is 0.394 e. The van der Waals surface area contributed by atoms with Crippen molar-refractivity contribution in [2.75, 3.05) is 16.8 Å². The summed E-state index contributed by atoms with van der Waals surface area (Å²) in [5.74, 6) is 0.756. The van der Waals surface area contributed by atoms with Gasteiger partial charge in [-0.3, -0.25) is 14.2 Å². The summed E-state index contributed by atoms with van der Waals surface area (Å²) < 4.78 is 1.66. The lowest BCUT2D eigenvalue weighted by Crippen LogP contribution is -2.34. The number of thioether (sulfide) groups is 1. The van der Waals surface area contributed by atoms with Crippen molar-refractivity contribution >= 4 is 39.8 Å². The number of nitrogens with one attached hydrogen (secondary N) is 1. The Morgan fingerprint density at radius 1 is 1.09 bits per heavy atom. The smallest absolute Gasteiger partial charge is 0.275 e. The molecule has 0 saturated heterocycles. The molecule has 1 unspecified atom stereocenters. The van der Waals surface area contributed by atoms with E-state index in [0.717, 1.165) is 40.2 Å². The van der Waals surface area contributed by atoms with E-state index in [1.165, 1.54) is 16.3 Å². The van der Waals surface area contributed by atoms with E-state index in [1.54, 1.807) is 16.3 Å². The average molecular weight is 482 g/mol. The van der Waals surface area contributed by atoms with Gasteiger partial charge in [0.05, 0.1) is 5.03 Å². The highest BCUT2D eigenvalue weighted by atomic mass is 32.2. The Morgan fingerprint density at radius 2 is 1.86 bits per heavy atom. The van der Waals surface area contributed by atoms with Crippen LogP contribution in [0.5, 0.6) is 0 Å². The SMILES string of the molecule is Cc1cccc(NC(=O)C2CSc3c(C4CC4)c(Cc4cccc5ccccc45)c(N)c(=O)n32)c1. The molecular weight excluding hydrogens is 454 g/mol. The zero-order chi connectivity index (χ0) is 24.1. The van der Waals surface area contributed by atoms with Gasteiger partial charge < -0.3 is 11.1 Å². The van der Waals surface area contributed by atoms with Crippen molar-refractivity contribution in [3.63, 3.8) is 0 Å². The summed E-state index contributed by atoms with van der Waals surface area (Å²) in [4.78, 5) is 26.8. The lowest BCUT2D eigenvalue weighted by atomic mass is 9.93. The topological polar surface area (TPSA) is 77.1 Å². The Morgan fingerprint density at radius 3 is 2.66 bits per heavy atom. The molecular formula is C29H27N3O2S. The lowest BCUT2D eigenvalue weighted by molar-refractivity contribution is -0.118. The first-order chi connectivity index (χ1) is 17.0. The van der Waals surface area contributed by atoms with Gasteiger partial charge in [-0.15, -0.1) is 11.8 Å². The van der Waals surface area contributed by atoms with Gasteiger partial charge in [-0.1, -0.05) is 54.6 Å². The monoisotopic (exact) mass is 481 g/mol. The number of hydrogen-bond donors (Lipinski definition) is 2. The number of carbonyl (C=O) groups is 1. The number of anilines is 2. The number of amides is 1. The highest BCUT2D eigenvalue weighted by molar-refractivity contribution is 7.99. The molecule has 1 amide bonds. The number of fused-ring (bicyclic) bond motifs is 2. The average Bonchev–Trinajstić information content (AvgIpc) is 3.59. The van der Waals surface area contributed by atoms with E-state index in [0.29, 0.717) is 18.1 Å². The number of nitrogens with two attached hydrogens (primary N) is 1. The zero-order valence-electron chi connectivity index (χ0n) is 19.6. The van der Waals surface area contributed by atoms with Crippen LogP contribution in [0.3, 0.4) is 0 Å². The molecule has 6 rings (SSSR count). The fourth-order valence-corrected chi connectivity index (χ4v) is 6.59. The molecule has 3 aromatic carbocycles. The van der Waals surface area contributed by atoms with Crippen LogP contribution in [0.4, 0.5) is 11.4 Å². The Balaban J connectivity index is 1.42. The molecule has 0 bridgehead atoms. The van der Waals surface area contributed by atoms with Crippen molar-refractivity contribution in [2.45, 2.75) is 43.2 Å². The van der Waals surface area contributed by atoms with E-state index in [2.05, 4.69) is 35.6 Å². The first-order valence-corrected chi connectivity index (χ1v) is 13.0. The maximum atomic E-state index is 13.6. The number of nitrogen functional groups attached to an aromatic ring is 1. The van der Waals surface area contributed by atoms with Crippen molar-refractivity contribution in [1.82, 2.24) is 4.57 Å². The fourth-order valence-electron chi connectivity index (χ4n) is 5.18. The minimum Gasteiger partial charge on any atom is -0.394 e. The second kappa shape index (κ2) is 8.61. The second-order valence-corrected chi connectivity index (χ2v) is 10.6. The first kappa shape index (κ1) is 22.0. The molecule has 1 saturated carbocycles. The van der Waals surface area contributed by atoms with Gasteiger partial charge >= 0.3 is 0 Å². The van der Waals surface area contributed by atoms with Gasteiger partial charge in [-0.2, -0.15) is 0 Å². The van der Waals surface area contributed by atoms with E-state index in [4.69, 9.17) is 5.73 Å². The Labute approximate surface area is 208 Å². The molecule has 1 aliphatic carbocycles. The van der Waals surface area contributed by atoms with Crippen LogP contribution in [0.1, 0.15) is 47.1 Å². The van der Waals surface area contributed by atoms with E-state index in [-0.39, 0.29) is 17.2 Å². The zero-order valence-corrected chi connectivity index (χ0v) is 20.4. The van der Waals surface area contributed by atoms with Gasteiger partial charge in [0.25, 0.3) is 5.56 Å². The van der Waals surface area contributed by atoms with Crippen LogP contribution in [0.15, 0.2) is 76.6 Å². The van der Waals surface area contributed by atoms with Crippen molar-refractivity contribution < 1.29 is 4.79 Å². The van der Waals surface area contributed by atoms with Crippen LogP contribution < -0.4 is 16.6 Å². The standard InChI is InChI=1S/C29H27N3O2S/c1-17-6-4-10-21(14-17)31-27(33)24-16-35-29-25(19-12-13-19)23(26(30)28(34)32(24)29)15-20-9-5-8-18-7-2-3-11-22(18)20/h2-11,14,19,24H,12-13,15-16,30H2,1H3,(H,31,33). The summed E-state index contributed by atoms with van der Waals surface area (Å²) in [7, 11) is 0. The van der Waals surface area contributed by atoms with Crippen LogP contribution in [-0.2, 0) is 11.2 Å². The predicted molar refractivity (Wildman–Crippen MR) is 143 cm³/mol. The number of rotatable bonds is 5. The van der Waals surface area contributed by atoms with Crippen molar-refractivity contribution in [3.05, 3.63) is 99.3 Å². The molecule has 3 N–H and O–H groups in total. The van der Waals surface area contributed by atoms with Gasteiger partial charge in [0.2, 0.25) is 5.91 Å². The van der Waals surface area contributed by atoms with Gasteiger partial charge in [0, 0.05) is 17.9 Å². The maximum absolute atomic E-state index is 13.6. The number of nitrogens with zero attached hydrogens (tertiary/aromatic N) is 1. The number of aryl methyl sites for hydroxylation is 1. The molecule has 0 spiro atoms. The number of carbonyl (C=O) groups excluding carboxylic acids is 1. The second-order valence-electron chi connectivity index (χ2n) is 9.56. The van der Waals surface area contributed by atoms with Crippen LogP contribution in [0, 0.1) is 6.92 Å². The number of benzene rings is 3. The van der Waals surface area contributed by atoms with Gasteiger partial charge in [0.15, 0.2) is 0 Å². The molecule has 0 radical (unpaired) electrons. The molecule has 2 aliphatic rings. The Kier molecular flexibility index (Phi) is 5.41. The summed E-state index contributed by atoms with van der Waals surface area (Å²) in [5, 5.41) is 6.28. The minimum absolute atomic E-state index is 0.174. The maximum Gasteiger partial charge on any atom is 0.275 e. The van der Waals surface area contributed by atoms with Gasteiger partial charge in [-0.05, 0) is 70.8 Å². The highest BCUT2D eigenvalue weighted by Gasteiger charge is 2.39. The summed E-state index contributed by atoms with van der Waals surface area (Å²) in [6.07, 6.45) is 2.80. The van der Waals surface area contributed by atoms with Gasteiger partial charge in [0.1, 0.15) is 11.7 Å². The predicted octanol–water partition coefficient (Wildman–Crippen LogP) is 5.65. The van der Waals surface area contributed by atoms with Crippen LogP contribution in [0.2, 0.25) is 0 Å². The van der Waals surface area contributed by atoms with Crippen LogP contribution in [0.25, 0.3) is 10.8 Å². The molecule has 5 nitrogen and oxygen atoms in total. The van der Waals surface area contributed by atoms with Crippen LogP contribution in [-0.4, -0.2) is 16.2 Å². The third-order valence-corrected chi connectivity index (χ3v) is 8.23. The number of hydrogen-bond acceptors (Lipinski definition) is 4. The molecule has 6 heteroatoms. The highest BCUT2D eigenvalue weighted by Crippen LogP contribution is 2.50. The molecule has 1 atom stereocenters. The van der Waals surface area contributed by atoms with Gasteiger partial charge in [-0.25, -0.2) is 0 Å². The van der Waals surface area contributed by atoms with Crippen molar-refractivity contribution in [1.29, 1.82) is 0 Å². The van der Waals surface area contributed by atoms with E-state index < -0.39 is 6.04 Å². The molecule has 176 valence electrons. The first-order valence-electron chi connectivity index (χ1n) is 12.0. The number of aromatic nitrogens is 1. The quantitative estimate of drug-likeness (QED) is 0.386. The van der Waals surface area contributed by atoms with Crippen molar-refractivity contribution in [2.24, 2.45) is 0 Å². The summed E-state index contributed by atoms with van der Waals surface area (Å²) in [6, 6.07) is 21.7. The van der Waals surface area contributed by atoms with Crippen LogP contribution >= 0.6 is 11.8 Å². The lowest BCUT2D eigenvalue weighted by Gasteiger charge is -2.20. The fraction of sp³-hybridized carbons (Fsp3) is 0.241. The molecule has 1 aromatic heterocycles.